The van der Waals surface area contributed by atoms with Crippen LogP contribution in [0, 0.1) is 0 Å². The molecule has 1 aliphatic heterocycles. The van der Waals surface area contributed by atoms with E-state index in [1.165, 1.54) is 18.6 Å². The molecular weight excluding hydrogens is 286 g/mol. The largest absolute Gasteiger partial charge is 0.334 e. The van der Waals surface area contributed by atoms with Gasteiger partial charge in [-0.15, -0.1) is 0 Å². The molecule has 3 heteroatoms. The molecule has 0 atom stereocenters. The number of nitrogens with zero attached hydrogens (tertiary/aromatic N) is 1. The summed E-state index contributed by atoms with van der Waals surface area (Å²) in [5, 5.41) is 0. The standard InChI is InChI=1S/C16H17NO2.2C2H6/c1-3-13-6-7-14-5-4-8-17(16(14)10-13)15(11-18)9-12(2)19;2*1-2/h4-7,9-11H,3,8H2,1-2H3;2*1-2H3/b15-9+;;. The van der Waals surface area contributed by atoms with Crippen molar-refractivity contribution >= 4 is 23.8 Å². The Bertz CT molecular complexity index is 571. The SMILES string of the molecule is CC.CC.CCc1ccc2c(c1)N(/C(C=O)=C/C(C)=O)CC=C2. The molecule has 3 nitrogen and oxygen atoms in total. The Labute approximate surface area is 140 Å². The van der Waals surface area contributed by atoms with Crippen LogP contribution in [0.3, 0.4) is 0 Å². The van der Waals surface area contributed by atoms with Gasteiger partial charge >= 0.3 is 0 Å². The number of anilines is 1. The lowest BCUT2D eigenvalue weighted by Crippen LogP contribution is -2.26. The zero-order valence-electron chi connectivity index (χ0n) is 15.2. The lowest BCUT2D eigenvalue weighted by molar-refractivity contribution is -0.113. The monoisotopic (exact) mass is 315 g/mol. The molecule has 1 aromatic carbocycles. The average molecular weight is 315 g/mol. The topological polar surface area (TPSA) is 37.4 Å². The molecule has 0 fully saturated rings. The zero-order valence-corrected chi connectivity index (χ0v) is 15.2. The second-order valence-corrected chi connectivity index (χ2v) is 4.56. The van der Waals surface area contributed by atoms with Gasteiger partial charge in [0.15, 0.2) is 12.1 Å². The Morgan fingerprint density at radius 2 is 1.87 bits per heavy atom. The van der Waals surface area contributed by atoms with Crippen LogP contribution in [0.5, 0.6) is 0 Å². The van der Waals surface area contributed by atoms with E-state index >= 15 is 0 Å². The van der Waals surface area contributed by atoms with Gasteiger partial charge in [-0.2, -0.15) is 0 Å². The first-order chi connectivity index (χ1) is 11.2. The third-order valence-electron chi connectivity index (χ3n) is 3.16. The van der Waals surface area contributed by atoms with E-state index < -0.39 is 0 Å². The molecule has 0 amide bonds. The van der Waals surface area contributed by atoms with Crippen molar-refractivity contribution in [1.82, 2.24) is 0 Å². The normalized spacial score (nSPS) is 12.3. The Hall–Kier alpha value is -2.16. The summed E-state index contributed by atoms with van der Waals surface area (Å²) in [6.07, 6.45) is 7.10. The summed E-state index contributed by atoms with van der Waals surface area (Å²) in [6.45, 7) is 12.2. The Kier molecular flexibility index (Phi) is 10.3. The Morgan fingerprint density at radius 3 is 2.39 bits per heavy atom. The number of aldehydes is 1. The number of allylic oxidation sites excluding steroid dienone is 2. The van der Waals surface area contributed by atoms with Gasteiger partial charge in [0.25, 0.3) is 0 Å². The van der Waals surface area contributed by atoms with Gasteiger partial charge in [-0.3, -0.25) is 9.59 Å². The van der Waals surface area contributed by atoms with E-state index in [9.17, 15) is 9.59 Å². The van der Waals surface area contributed by atoms with Crippen LogP contribution in [-0.2, 0) is 16.0 Å². The van der Waals surface area contributed by atoms with Gasteiger partial charge in [0.05, 0.1) is 5.70 Å². The molecule has 0 bridgehead atoms. The number of benzene rings is 1. The van der Waals surface area contributed by atoms with Crippen LogP contribution >= 0.6 is 0 Å². The Balaban J connectivity index is 0.00000112. The summed E-state index contributed by atoms with van der Waals surface area (Å²) in [7, 11) is 0. The summed E-state index contributed by atoms with van der Waals surface area (Å²) in [4.78, 5) is 24.3. The van der Waals surface area contributed by atoms with Crippen LogP contribution in [0.25, 0.3) is 6.08 Å². The van der Waals surface area contributed by atoms with E-state index in [4.69, 9.17) is 0 Å². The van der Waals surface area contributed by atoms with Crippen LogP contribution in [0.4, 0.5) is 5.69 Å². The molecular formula is C20H29NO2. The van der Waals surface area contributed by atoms with Crippen LogP contribution in [0.1, 0.15) is 52.7 Å². The summed E-state index contributed by atoms with van der Waals surface area (Å²) >= 11 is 0. The lowest BCUT2D eigenvalue weighted by Gasteiger charge is -2.28. The minimum absolute atomic E-state index is 0.121. The first kappa shape index (κ1) is 20.8. The molecule has 0 aromatic heterocycles. The number of carbonyl (C=O) groups excluding carboxylic acids is 2. The fourth-order valence-electron chi connectivity index (χ4n) is 2.20. The van der Waals surface area contributed by atoms with Crippen LogP contribution < -0.4 is 4.90 Å². The summed E-state index contributed by atoms with van der Waals surface area (Å²) in [5.74, 6) is -0.121. The van der Waals surface area contributed by atoms with Crippen molar-refractivity contribution in [1.29, 1.82) is 0 Å². The van der Waals surface area contributed by atoms with Crippen molar-refractivity contribution in [3.05, 3.63) is 47.2 Å². The molecule has 0 saturated carbocycles. The number of fused-ring (bicyclic) bond motifs is 1. The van der Waals surface area contributed by atoms with E-state index in [2.05, 4.69) is 19.1 Å². The average Bonchev–Trinajstić information content (AvgIpc) is 2.62. The van der Waals surface area contributed by atoms with E-state index in [1.54, 1.807) is 0 Å². The highest BCUT2D eigenvalue weighted by Crippen LogP contribution is 2.29. The van der Waals surface area contributed by atoms with Gasteiger partial charge in [0, 0.05) is 18.3 Å². The van der Waals surface area contributed by atoms with Crippen molar-refractivity contribution in [2.24, 2.45) is 0 Å². The highest BCUT2D eigenvalue weighted by molar-refractivity contribution is 5.96. The van der Waals surface area contributed by atoms with E-state index in [1.807, 2.05) is 50.8 Å². The molecule has 1 aliphatic rings. The first-order valence-corrected chi connectivity index (χ1v) is 8.40. The second kappa shape index (κ2) is 11.4. The van der Waals surface area contributed by atoms with Crippen molar-refractivity contribution in [2.75, 3.05) is 11.4 Å². The first-order valence-electron chi connectivity index (χ1n) is 8.40. The molecule has 0 spiro atoms. The third-order valence-corrected chi connectivity index (χ3v) is 3.16. The zero-order chi connectivity index (χ0) is 17.8. The third kappa shape index (κ3) is 5.85. The number of rotatable bonds is 4. The van der Waals surface area contributed by atoms with Gasteiger partial charge in [-0.25, -0.2) is 0 Å². The van der Waals surface area contributed by atoms with Crippen molar-refractivity contribution in [3.8, 4) is 0 Å². The Morgan fingerprint density at radius 1 is 1.22 bits per heavy atom. The summed E-state index contributed by atoms with van der Waals surface area (Å²) < 4.78 is 0. The van der Waals surface area contributed by atoms with Crippen molar-refractivity contribution in [2.45, 2.75) is 48.0 Å². The van der Waals surface area contributed by atoms with Crippen molar-refractivity contribution < 1.29 is 9.59 Å². The minimum atomic E-state index is -0.121. The minimum Gasteiger partial charge on any atom is -0.334 e. The molecule has 126 valence electrons. The second-order valence-electron chi connectivity index (χ2n) is 4.56. The van der Waals surface area contributed by atoms with Gasteiger partial charge in [0.2, 0.25) is 0 Å². The maximum absolute atomic E-state index is 11.2. The van der Waals surface area contributed by atoms with Crippen LogP contribution in [-0.4, -0.2) is 18.6 Å². The fraction of sp³-hybridized carbons (Fsp3) is 0.400. The molecule has 0 N–H and O–H groups in total. The quantitative estimate of drug-likeness (QED) is 0.591. The molecule has 2 rings (SSSR count). The summed E-state index contributed by atoms with van der Waals surface area (Å²) in [6, 6.07) is 6.21. The molecule has 0 radical (unpaired) electrons. The molecule has 0 unspecified atom stereocenters. The van der Waals surface area contributed by atoms with Gasteiger partial charge in [-0.1, -0.05) is 58.9 Å². The number of hydrogen-bond acceptors (Lipinski definition) is 3. The number of hydrogen-bond donors (Lipinski definition) is 0. The van der Waals surface area contributed by atoms with Gasteiger partial charge < -0.3 is 4.90 Å². The van der Waals surface area contributed by atoms with Crippen molar-refractivity contribution in [3.63, 3.8) is 0 Å². The van der Waals surface area contributed by atoms with Crippen LogP contribution in [0.2, 0.25) is 0 Å². The number of aryl methyl sites for hydroxylation is 1. The van der Waals surface area contributed by atoms with E-state index in [0.29, 0.717) is 12.2 Å². The highest BCUT2D eigenvalue weighted by atomic mass is 16.1. The lowest BCUT2D eigenvalue weighted by atomic mass is 10.0. The van der Waals surface area contributed by atoms with E-state index in [0.717, 1.165) is 24.0 Å². The van der Waals surface area contributed by atoms with Gasteiger partial charge in [0.1, 0.15) is 0 Å². The smallest absolute Gasteiger partial charge is 0.166 e. The highest BCUT2D eigenvalue weighted by Gasteiger charge is 2.17. The van der Waals surface area contributed by atoms with Crippen LogP contribution in [0.15, 0.2) is 36.0 Å². The summed E-state index contributed by atoms with van der Waals surface area (Å²) in [5.41, 5.74) is 3.68. The molecule has 0 aliphatic carbocycles. The fourth-order valence-corrected chi connectivity index (χ4v) is 2.20. The maximum atomic E-state index is 11.2. The molecule has 1 heterocycles. The predicted octanol–water partition coefficient (Wildman–Crippen LogP) is 4.81. The molecule has 0 saturated heterocycles. The van der Waals surface area contributed by atoms with Gasteiger partial charge in [-0.05, 0) is 30.5 Å². The number of ketones is 1. The predicted molar refractivity (Wildman–Crippen MR) is 99.7 cm³/mol. The van der Waals surface area contributed by atoms with E-state index in [-0.39, 0.29) is 5.78 Å². The molecule has 23 heavy (non-hydrogen) atoms. The number of carbonyl (C=O) groups is 2. The maximum Gasteiger partial charge on any atom is 0.166 e. The molecule has 1 aromatic rings.